The van der Waals surface area contributed by atoms with Crippen molar-refractivity contribution in [3.8, 4) is 0 Å². The van der Waals surface area contributed by atoms with Gasteiger partial charge >= 0.3 is 101 Å². The van der Waals surface area contributed by atoms with Crippen LogP contribution < -0.4 is 59.8 Å². The van der Waals surface area contributed by atoms with Gasteiger partial charge in [-0.1, -0.05) is 0 Å². The van der Waals surface area contributed by atoms with E-state index in [9.17, 15) is 0 Å². The molecule has 7 heavy (non-hydrogen) atoms. The van der Waals surface area contributed by atoms with Gasteiger partial charge in [-0.3, -0.25) is 0 Å². The quantitative estimate of drug-likeness (QED) is 0.409. The van der Waals surface area contributed by atoms with E-state index in [4.69, 9.17) is 16.0 Å². The van der Waals surface area contributed by atoms with E-state index in [1.54, 1.807) is 0 Å². The number of hydrogen-bond acceptors (Lipinski definition) is 4. The van der Waals surface area contributed by atoms with E-state index in [1.807, 2.05) is 0 Å². The van der Waals surface area contributed by atoms with Crippen molar-refractivity contribution in [2.24, 2.45) is 0 Å². The molecule has 0 aliphatic rings. The van der Waals surface area contributed by atoms with Gasteiger partial charge in [0.1, 0.15) is 0 Å². The molecule has 0 atom stereocenters. The van der Waals surface area contributed by atoms with Gasteiger partial charge in [-0.2, -0.15) is 0 Å². The Morgan fingerprint density at radius 3 is 1.14 bits per heavy atom. The van der Waals surface area contributed by atoms with Crippen LogP contribution in [-0.2, 0) is 40.8 Å². The maximum atomic E-state index is 8.58. The fourth-order valence-corrected chi connectivity index (χ4v) is 0. The van der Waals surface area contributed by atoms with Crippen LogP contribution in [0.25, 0.3) is 0 Å². The van der Waals surface area contributed by atoms with Crippen LogP contribution in [0, 0.1) is 0 Å². The molecule has 7 heteroatoms. The third-order valence-corrected chi connectivity index (χ3v) is 0. The predicted molar refractivity (Wildman–Crippen MR) is 1.37 cm³/mol. The fourth-order valence-electron chi connectivity index (χ4n) is 0. The van der Waals surface area contributed by atoms with Crippen molar-refractivity contribution in [2.75, 3.05) is 0 Å². The standard InChI is InChI=1S/K.Mn.4O.Os/q+1;;;;2*-1;+4. The fraction of sp³-hybridized carbons (Fsp3) is 0. The molecule has 0 spiro atoms. The maximum Gasteiger partial charge on any atom is 4.00 e. The van der Waals surface area contributed by atoms with Gasteiger partial charge in [0.05, 0.1) is 0 Å². The molecule has 0 amide bonds. The second-order valence-corrected chi connectivity index (χ2v) is 1.56. The van der Waals surface area contributed by atoms with Gasteiger partial charge in [-0.15, -0.1) is 0 Å². The molecule has 0 heterocycles. The first-order chi connectivity index (χ1) is 2.00. The zero-order valence-electron chi connectivity index (χ0n) is 3.36. The summed E-state index contributed by atoms with van der Waals surface area (Å²) in [5, 5.41) is 0. The van der Waals surface area contributed by atoms with Crippen molar-refractivity contribution < 1.29 is 101 Å². The van der Waals surface area contributed by atoms with E-state index >= 15 is 0 Å². The van der Waals surface area contributed by atoms with Crippen LogP contribution in [0.15, 0.2) is 0 Å². The predicted octanol–water partition coefficient (Wildman–Crippen LogP) is -5.62. The normalized spacial score (nSPS) is 8.29. The topological polar surface area (TPSA) is 80.3 Å². The van der Waals surface area contributed by atoms with Crippen molar-refractivity contribution in [3.05, 3.63) is 0 Å². The summed E-state index contributed by atoms with van der Waals surface area (Å²) in [7, 11) is 0. The van der Waals surface area contributed by atoms with Crippen molar-refractivity contribution in [1.82, 2.24) is 0 Å². The van der Waals surface area contributed by atoms with Crippen LogP contribution >= 0.6 is 0 Å². The Labute approximate surface area is 98.4 Å². The Hall–Kier alpha value is 2.31. The largest absolute Gasteiger partial charge is 4.00 e. The van der Waals surface area contributed by atoms with Crippen LogP contribution in [0.4, 0.5) is 0 Å². The van der Waals surface area contributed by atoms with Crippen LogP contribution in [0.5, 0.6) is 0 Å². The zero-order chi connectivity index (χ0) is 4.50. The molecule has 0 fully saturated rings. The number of rotatable bonds is 0. The minimum absolute atomic E-state index is 0. The molecule has 0 aromatic rings. The zero-order valence-corrected chi connectivity index (χ0v) is 10.2. The van der Waals surface area contributed by atoms with Crippen molar-refractivity contribution in [2.45, 2.75) is 0 Å². The summed E-state index contributed by atoms with van der Waals surface area (Å²) in [6, 6.07) is 0. The van der Waals surface area contributed by atoms with Crippen molar-refractivity contribution >= 4 is 0 Å². The molecule has 0 saturated heterocycles. The van der Waals surface area contributed by atoms with Crippen molar-refractivity contribution in [1.29, 1.82) is 0 Å². The van der Waals surface area contributed by atoms with E-state index in [0.717, 1.165) is 0 Å². The Bertz CT molecular complexity index is 94.9. The van der Waals surface area contributed by atoms with Gasteiger partial charge in [0, 0.05) is 0 Å². The Morgan fingerprint density at radius 2 is 1.14 bits per heavy atom. The van der Waals surface area contributed by atoms with Crippen molar-refractivity contribution in [3.63, 3.8) is 0 Å². The Morgan fingerprint density at radius 1 is 1.14 bits per heavy atom. The van der Waals surface area contributed by atoms with Crippen LogP contribution in [0.2, 0.25) is 0 Å². The molecule has 0 unspecified atom stereocenters. The van der Waals surface area contributed by atoms with E-state index in [0.29, 0.717) is 0 Å². The second-order valence-electron chi connectivity index (χ2n) is 0.378. The minimum Gasteiger partial charge on any atom is 4.00 e. The van der Waals surface area contributed by atoms with Gasteiger partial charge in [-0.05, 0) is 0 Å². The molecule has 0 bridgehead atoms. The SMILES string of the molecule is [K+].[O]=[Mn](=[O])([O-])[O-].[Os+4]. The van der Waals surface area contributed by atoms with Crippen LogP contribution in [0.1, 0.15) is 0 Å². The first kappa shape index (κ1) is 16.1. The summed E-state index contributed by atoms with van der Waals surface area (Å²) in [6.45, 7) is 0. The van der Waals surface area contributed by atoms with Crippen LogP contribution in [-0.4, -0.2) is 0 Å². The van der Waals surface area contributed by atoms with E-state index in [1.165, 1.54) is 0 Å². The average molecular weight is 348 g/mol. The van der Waals surface area contributed by atoms with Gasteiger partial charge in [0.2, 0.25) is 0 Å². The molecular formula is KMnO4Os+3. The minimum atomic E-state index is -5.62. The summed E-state index contributed by atoms with van der Waals surface area (Å²) in [5.74, 6) is 0. The Kier molecular flexibility index (Phi) is 14.8. The molecule has 0 aromatic carbocycles. The summed E-state index contributed by atoms with van der Waals surface area (Å²) in [4.78, 5) is 0. The molecule has 0 N–H and O–H groups in total. The van der Waals surface area contributed by atoms with E-state index < -0.39 is 13.4 Å². The smallest absolute Gasteiger partial charge is 4.00 e. The summed E-state index contributed by atoms with van der Waals surface area (Å²) >= 11 is -5.62. The van der Waals surface area contributed by atoms with Gasteiger partial charge < -0.3 is 0 Å². The number of hydrogen-bond donors (Lipinski definition) is 0. The van der Waals surface area contributed by atoms with Gasteiger partial charge in [0.25, 0.3) is 0 Å². The van der Waals surface area contributed by atoms with Crippen LogP contribution in [0.3, 0.4) is 0 Å². The second kappa shape index (κ2) is 6.43. The summed E-state index contributed by atoms with van der Waals surface area (Å²) < 4.78 is 34.3. The third-order valence-electron chi connectivity index (χ3n) is 0. The molecule has 0 rings (SSSR count). The molecular weight excluding hydrogens is 348 g/mol. The first-order valence-corrected chi connectivity index (χ1v) is 2.54. The molecule has 0 saturated carbocycles. The van der Waals surface area contributed by atoms with Gasteiger partial charge in [-0.25, -0.2) is 0 Å². The monoisotopic (exact) mass is 350 g/mol. The molecule has 0 aliphatic heterocycles. The first-order valence-electron chi connectivity index (χ1n) is 0.617. The summed E-state index contributed by atoms with van der Waals surface area (Å²) in [5.41, 5.74) is 0. The molecule has 0 radical (unpaired) electrons. The molecule has 37 valence electrons. The average Bonchev–Trinajstić information content (AvgIpc) is 0.722. The summed E-state index contributed by atoms with van der Waals surface area (Å²) in [6.07, 6.45) is 0. The Balaban J connectivity index is -0.0000000800. The van der Waals surface area contributed by atoms with E-state index in [-0.39, 0.29) is 71.2 Å². The molecule has 4 nitrogen and oxygen atoms in total. The third kappa shape index (κ3) is 61.9. The van der Waals surface area contributed by atoms with E-state index in [2.05, 4.69) is 0 Å². The molecule has 0 aliphatic carbocycles. The molecule has 0 aromatic heterocycles. The maximum absolute atomic E-state index is 8.58. The van der Waals surface area contributed by atoms with Gasteiger partial charge in [0.15, 0.2) is 0 Å².